The average molecular weight is 369 g/mol. The number of ether oxygens (including phenoxy) is 1. The van der Waals surface area contributed by atoms with Gasteiger partial charge in [0.05, 0.1) is 7.11 Å². The van der Waals surface area contributed by atoms with Crippen LogP contribution in [0.3, 0.4) is 0 Å². The molecule has 1 aromatic heterocycles. The van der Waals surface area contributed by atoms with Crippen LogP contribution in [0.15, 0.2) is 36.5 Å². The first-order valence-electron chi connectivity index (χ1n) is 8.88. The Kier molecular flexibility index (Phi) is 6.19. The third kappa shape index (κ3) is 4.72. The summed E-state index contributed by atoms with van der Waals surface area (Å²) in [7, 11) is 1.65. The van der Waals surface area contributed by atoms with Crippen LogP contribution in [0.1, 0.15) is 16.1 Å². The number of rotatable bonds is 7. The molecule has 2 aromatic rings. The Morgan fingerprint density at radius 1 is 1.22 bits per heavy atom. The van der Waals surface area contributed by atoms with Crippen molar-refractivity contribution >= 4 is 18.3 Å². The van der Waals surface area contributed by atoms with E-state index >= 15 is 0 Å². The molecule has 8 heteroatoms. The lowest BCUT2D eigenvalue weighted by Crippen LogP contribution is -2.48. The molecular weight excluding hydrogens is 346 g/mol. The summed E-state index contributed by atoms with van der Waals surface area (Å²) in [5, 5.41) is 3.16. The van der Waals surface area contributed by atoms with Gasteiger partial charge in [-0.25, -0.2) is 9.97 Å². The SMILES string of the molecule is COc1ccccc1CCNc1nccc(C(=O)N2CCN(C=O)CC2)n1. The molecule has 1 saturated heterocycles. The standard InChI is InChI=1S/C19H23N5O3/c1-27-17-5-3-2-4-15(17)6-8-20-19-21-9-7-16(22-19)18(26)24-12-10-23(14-25)11-13-24/h2-5,7,9,14H,6,8,10-13H2,1H3,(H,20,21,22). The largest absolute Gasteiger partial charge is 0.496 e. The van der Waals surface area contributed by atoms with Gasteiger partial charge < -0.3 is 19.9 Å². The van der Waals surface area contributed by atoms with Gasteiger partial charge in [-0.15, -0.1) is 0 Å². The molecule has 1 aromatic carbocycles. The lowest BCUT2D eigenvalue weighted by atomic mass is 10.1. The predicted octanol–water partition coefficient (Wildman–Crippen LogP) is 1.05. The van der Waals surface area contributed by atoms with Crippen molar-refractivity contribution in [2.75, 3.05) is 45.2 Å². The minimum absolute atomic E-state index is 0.143. The highest BCUT2D eigenvalue weighted by molar-refractivity contribution is 5.92. The van der Waals surface area contributed by atoms with Crippen LogP contribution in [0.2, 0.25) is 0 Å². The zero-order valence-electron chi connectivity index (χ0n) is 15.3. The van der Waals surface area contributed by atoms with E-state index in [9.17, 15) is 9.59 Å². The highest BCUT2D eigenvalue weighted by atomic mass is 16.5. The number of amides is 2. The summed E-state index contributed by atoms with van der Waals surface area (Å²) in [6, 6.07) is 9.45. The van der Waals surface area contributed by atoms with Crippen LogP contribution < -0.4 is 10.1 Å². The molecule has 8 nitrogen and oxygen atoms in total. The van der Waals surface area contributed by atoms with Crippen LogP contribution in [-0.2, 0) is 11.2 Å². The summed E-state index contributed by atoms with van der Waals surface area (Å²) in [6.45, 7) is 2.74. The minimum atomic E-state index is -0.143. The van der Waals surface area contributed by atoms with Gasteiger partial charge in [0.15, 0.2) is 0 Å². The van der Waals surface area contributed by atoms with Crippen molar-refractivity contribution in [1.82, 2.24) is 19.8 Å². The molecule has 0 saturated carbocycles. The number of benzene rings is 1. The van der Waals surface area contributed by atoms with Crippen LogP contribution in [0, 0.1) is 0 Å². The average Bonchev–Trinajstić information content (AvgIpc) is 2.74. The molecule has 2 amide bonds. The molecule has 1 aliphatic heterocycles. The first kappa shape index (κ1) is 18.6. The van der Waals surface area contributed by atoms with Gasteiger partial charge in [0.2, 0.25) is 12.4 Å². The maximum atomic E-state index is 12.6. The number of aromatic nitrogens is 2. The number of piperazine rings is 1. The smallest absolute Gasteiger partial charge is 0.272 e. The molecule has 2 heterocycles. The number of methoxy groups -OCH3 is 1. The molecule has 27 heavy (non-hydrogen) atoms. The number of nitrogens with zero attached hydrogens (tertiary/aromatic N) is 4. The van der Waals surface area contributed by atoms with E-state index in [1.54, 1.807) is 29.2 Å². The Hall–Kier alpha value is -3.16. The molecule has 0 spiro atoms. The van der Waals surface area contributed by atoms with Gasteiger partial charge in [-0.2, -0.15) is 0 Å². The summed E-state index contributed by atoms with van der Waals surface area (Å²) in [4.78, 5) is 35.3. The highest BCUT2D eigenvalue weighted by Crippen LogP contribution is 2.17. The second-order valence-corrected chi connectivity index (χ2v) is 6.19. The molecule has 0 bridgehead atoms. The molecule has 0 atom stereocenters. The van der Waals surface area contributed by atoms with Crippen LogP contribution in [0.4, 0.5) is 5.95 Å². The third-order valence-corrected chi connectivity index (χ3v) is 4.50. The maximum absolute atomic E-state index is 12.6. The fourth-order valence-electron chi connectivity index (χ4n) is 2.97. The van der Waals surface area contributed by atoms with E-state index in [1.807, 2.05) is 24.3 Å². The van der Waals surface area contributed by atoms with Crippen LogP contribution in [0.5, 0.6) is 5.75 Å². The number of carbonyl (C=O) groups is 2. The van der Waals surface area contributed by atoms with E-state index < -0.39 is 0 Å². The van der Waals surface area contributed by atoms with Crippen molar-refractivity contribution in [3.8, 4) is 5.75 Å². The molecule has 1 N–H and O–H groups in total. The second-order valence-electron chi connectivity index (χ2n) is 6.19. The number of hydrogen-bond donors (Lipinski definition) is 1. The lowest BCUT2D eigenvalue weighted by molar-refractivity contribution is -0.119. The molecule has 0 radical (unpaired) electrons. The Labute approximate surface area is 158 Å². The molecule has 1 aliphatic rings. The van der Waals surface area contributed by atoms with E-state index in [1.165, 1.54) is 0 Å². The Balaban J connectivity index is 1.57. The zero-order chi connectivity index (χ0) is 19.1. The predicted molar refractivity (Wildman–Crippen MR) is 101 cm³/mol. The quantitative estimate of drug-likeness (QED) is 0.734. The molecule has 1 fully saturated rings. The van der Waals surface area contributed by atoms with Crippen molar-refractivity contribution in [1.29, 1.82) is 0 Å². The first-order chi connectivity index (χ1) is 13.2. The van der Waals surface area contributed by atoms with Crippen LogP contribution >= 0.6 is 0 Å². The van der Waals surface area contributed by atoms with Gasteiger partial charge in [-0.05, 0) is 24.1 Å². The Morgan fingerprint density at radius 2 is 2.00 bits per heavy atom. The number of hydrogen-bond acceptors (Lipinski definition) is 6. The van der Waals surface area contributed by atoms with Gasteiger partial charge in [0.1, 0.15) is 11.4 Å². The first-order valence-corrected chi connectivity index (χ1v) is 8.88. The van der Waals surface area contributed by atoms with Crippen LogP contribution in [0.25, 0.3) is 0 Å². The molecule has 0 unspecified atom stereocenters. The fraction of sp³-hybridized carbons (Fsp3) is 0.368. The summed E-state index contributed by atoms with van der Waals surface area (Å²) >= 11 is 0. The van der Waals surface area contributed by atoms with E-state index in [0.29, 0.717) is 44.4 Å². The number of para-hydroxylation sites is 1. The topological polar surface area (TPSA) is 87.7 Å². The summed E-state index contributed by atoms with van der Waals surface area (Å²) in [5.41, 5.74) is 1.44. The Bertz CT molecular complexity index is 790. The summed E-state index contributed by atoms with van der Waals surface area (Å²) < 4.78 is 5.35. The van der Waals surface area contributed by atoms with Crippen molar-refractivity contribution in [2.24, 2.45) is 0 Å². The van der Waals surface area contributed by atoms with Crippen molar-refractivity contribution < 1.29 is 14.3 Å². The summed E-state index contributed by atoms with van der Waals surface area (Å²) in [6.07, 6.45) is 3.14. The molecular formula is C19H23N5O3. The molecule has 0 aliphatic carbocycles. The van der Waals surface area contributed by atoms with Gasteiger partial charge >= 0.3 is 0 Å². The van der Waals surface area contributed by atoms with Gasteiger partial charge in [0.25, 0.3) is 5.91 Å². The normalized spacial score (nSPS) is 14.0. The van der Waals surface area contributed by atoms with Crippen molar-refractivity contribution in [3.05, 3.63) is 47.8 Å². The van der Waals surface area contributed by atoms with Gasteiger partial charge in [-0.3, -0.25) is 9.59 Å². The second kappa shape index (κ2) is 8.98. The number of anilines is 1. The van der Waals surface area contributed by atoms with Crippen molar-refractivity contribution in [2.45, 2.75) is 6.42 Å². The Morgan fingerprint density at radius 3 is 2.74 bits per heavy atom. The fourth-order valence-corrected chi connectivity index (χ4v) is 2.97. The van der Waals surface area contributed by atoms with Crippen molar-refractivity contribution in [3.63, 3.8) is 0 Å². The lowest BCUT2D eigenvalue weighted by Gasteiger charge is -2.32. The third-order valence-electron chi connectivity index (χ3n) is 4.50. The van der Waals surface area contributed by atoms with E-state index in [4.69, 9.17) is 4.74 Å². The van der Waals surface area contributed by atoms with Gasteiger partial charge in [0, 0.05) is 38.9 Å². The van der Waals surface area contributed by atoms with E-state index in [2.05, 4.69) is 15.3 Å². The van der Waals surface area contributed by atoms with E-state index in [-0.39, 0.29) is 5.91 Å². The zero-order valence-corrected chi connectivity index (χ0v) is 15.3. The summed E-state index contributed by atoms with van der Waals surface area (Å²) in [5.74, 6) is 1.12. The van der Waals surface area contributed by atoms with E-state index in [0.717, 1.165) is 24.1 Å². The monoisotopic (exact) mass is 369 g/mol. The maximum Gasteiger partial charge on any atom is 0.272 e. The highest BCUT2D eigenvalue weighted by Gasteiger charge is 2.22. The molecule has 142 valence electrons. The molecule has 3 rings (SSSR count). The number of nitrogens with one attached hydrogen (secondary N) is 1. The number of carbonyl (C=O) groups excluding carboxylic acids is 2. The minimum Gasteiger partial charge on any atom is -0.496 e. The van der Waals surface area contributed by atoms with Gasteiger partial charge in [-0.1, -0.05) is 18.2 Å². The van der Waals surface area contributed by atoms with Crippen LogP contribution in [-0.4, -0.2) is 71.9 Å².